The van der Waals surface area contributed by atoms with Crippen molar-refractivity contribution in [2.24, 2.45) is 5.73 Å². The molecule has 1 saturated carbocycles. The van der Waals surface area contributed by atoms with Gasteiger partial charge in [0.05, 0.1) is 12.9 Å². The van der Waals surface area contributed by atoms with E-state index >= 15 is 0 Å². The number of benzene rings is 2. The summed E-state index contributed by atoms with van der Waals surface area (Å²) < 4.78 is 15.7. The fourth-order valence-electron chi connectivity index (χ4n) is 4.35. The van der Waals surface area contributed by atoms with Crippen LogP contribution in [0.2, 0.25) is 0 Å². The number of hydrogen-bond donors (Lipinski definition) is 4. The standard InChI is InChI=1S/C25H28FN7O/c26-18-6-11-21(34)17(12-18)13-28-23-22-24(33(15-29-22)14-16-4-2-1-3-5-16)32-25(31-23)30-20-9-7-19(27)8-10-20/h1-6,11-12,15,19-20,34H,7-10,13-14,27H2,(H2,28,30,31,32). The molecular weight excluding hydrogens is 433 g/mol. The van der Waals surface area contributed by atoms with Crippen molar-refractivity contribution in [3.63, 3.8) is 0 Å². The zero-order valence-corrected chi connectivity index (χ0v) is 18.8. The van der Waals surface area contributed by atoms with Crippen molar-refractivity contribution in [2.45, 2.75) is 50.9 Å². The number of aromatic nitrogens is 4. The number of hydrogen-bond acceptors (Lipinski definition) is 7. The monoisotopic (exact) mass is 461 g/mol. The Morgan fingerprint density at radius 3 is 2.65 bits per heavy atom. The number of anilines is 2. The van der Waals surface area contributed by atoms with E-state index in [2.05, 4.69) is 32.7 Å². The smallest absolute Gasteiger partial charge is 0.227 e. The van der Waals surface area contributed by atoms with E-state index in [4.69, 9.17) is 10.7 Å². The Hall–Kier alpha value is -3.72. The number of aromatic hydroxyl groups is 1. The summed E-state index contributed by atoms with van der Waals surface area (Å²) in [5.41, 5.74) is 8.94. The predicted molar refractivity (Wildman–Crippen MR) is 130 cm³/mol. The molecule has 0 spiro atoms. The Labute approximate surface area is 197 Å². The van der Waals surface area contributed by atoms with Crippen LogP contribution in [0.1, 0.15) is 36.8 Å². The van der Waals surface area contributed by atoms with Crippen LogP contribution >= 0.6 is 0 Å². The number of nitrogens with one attached hydrogen (secondary N) is 2. The van der Waals surface area contributed by atoms with Crippen LogP contribution < -0.4 is 16.4 Å². The van der Waals surface area contributed by atoms with E-state index < -0.39 is 5.82 Å². The Balaban J connectivity index is 1.46. The lowest BCUT2D eigenvalue weighted by Crippen LogP contribution is -2.33. The Bertz CT molecular complexity index is 1270. The molecule has 0 atom stereocenters. The third-order valence-corrected chi connectivity index (χ3v) is 6.25. The Morgan fingerprint density at radius 1 is 1.06 bits per heavy atom. The van der Waals surface area contributed by atoms with Crippen molar-refractivity contribution in [1.82, 2.24) is 19.5 Å². The summed E-state index contributed by atoms with van der Waals surface area (Å²) >= 11 is 0. The zero-order valence-electron chi connectivity index (χ0n) is 18.8. The Morgan fingerprint density at radius 2 is 1.85 bits per heavy atom. The van der Waals surface area contributed by atoms with Gasteiger partial charge < -0.3 is 26.0 Å². The summed E-state index contributed by atoms with van der Waals surface area (Å²) in [6.07, 6.45) is 5.61. The third-order valence-electron chi connectivity index (χ3n) is 6.25. The van der Waals surface area contributed by atoms with Gasteiger partial charge in [0, 0.05) is 24.2 Å². The predicted octanol–water partition coefficient (Wildman–Crippen LogP) is 4.01. The molecule has 0 saturated heterocycles. The van der Waals surface area contributed by atoms with Gasteiger partial charge in [0.15, 0.2) is 17.0 Å². The van der Waals surface area contributed by atoms with E-state index in [0.717, 1.165) is 31.2 Å². The minimum Gasteiger partial charge on any atom is -0.508 e. The van der Waals surface area contributed by atoms with Crippen molar-refractivity contribution in [3.8, 4) is 5.75 Å². The average molecular weight is 462 g/mol. The maximum atomic E-state index is 13.7. The Kier molecular flexibility index (Phi) is 6.27. The van der Waals surface area contributed by atoms with Crippen LogP contribution in [0.4, 0.5) is 16.2 Å². The second-order valence-corrected chi connectivity index (χ2v) is 8.81. The molecule has 1 aliphatic carbocycles. The highest BCUT2D eigenvalue weighted by atomic mass is 19.1. The van der Waals surface area contributed by atoms with Crippen LogP contribution in [0.3, 0.4) is 0 Å². The van der Waals surface area contributed by atoms with Gasteiger partial charge in [-0.15, -0.1) is 0 Å². The molecule has 5 rings (SSSR count). The van der Waals surface area contributed by atoms with Crippen LogP contribution in [-0.4, -0.2) is 36.7 Å². The van der Waals surface area contributed by atoms with E-state index in [1.54, 1.807) is 6.33 Å². The summed E-state index contributed by atoms with van der Waals surface area (Å²) in [5, 5.41) is 16.8. The largest absolute Gasteiger partial charge is 0.508 e. The molecule has 4 aromatic rings. The summed E-state index contributed by atoms with van der Waals surface area (Å²) in [7, 11) is 0. The van der Waals surface area contributed by atoms with Crippen molar-refractivity contribution in [2.75, 3.05) is 10.6 Å². The molecular formula is C25H28FN7O. The maximum Gasteiger partial charge on any atom is 0.227 e. The number of halogens is 1. The number of imidazole rings is 1. The van der Waals surface area contributed by atoms with Crippen molar-refractivity contribution in [1.29, 1.82) is 0 Å². The van der Waals surface area contributed by atoms with Gasteiger partial charge in [-0.1, -0.05) is 30.3 Å². The lowest BCUT2D eigenvalue weighted by molar-refractivity contribution is 0.410. The molecule has 0 aliphatic heterocycles. The molecule has 8 nitrogen and oxygen atoms in total. The van der Waals surface area contributed by atoms with Crippen molar-refractivity contribution < 1.29 is 9.50 Å². The third kappa shape index (κ3) is 4.94. The SMILES string of the molecule is NC1CCC(Nc2nc(NCc3cc(F)ccc3O)c3ncn(Cc4ccccc4)c3n2)CC1. The topological polar surface area (TPSA) is 114 Å². The average Bonchev–Trinajstić information content (AvgIpc) is 3.24. The normalized spacial score (nSPS) is 18.2. The summed E-state index contributed by atoms with van der Waals surface area (Å²) in [5.74, 6) is 0.641. The van der Waals surface area contributed by atoms with Crippen LogP contribution in [-0.2, 0) is 13.1 Å². The fraction of sp³-hybridized carbons (Fsp3) is 0.320. The summed E-state index contributed by atoms with van der Waals surface area (Å²) in [6.45, 7) is 0.815. The van der Waals surface area contributed by atoms with Crippen LogP contribution in [0, 0.1) is 5.82 Å². The first-order chi connectivity index (χ1) is 16.5. The number of nitrogens with two attached hydrogens (primary N) is 1. The van der Waals surface area contributed by atoms with Crippen molar-refractivity contribution in [3.05, 3.63) is 71.8 Å². The molecule has 9 heteroatoms. The zero-order chi connectivity index (χ0) is 23.5. The number of phenolic OH excluding ortho intramolecular Hbond substituents is 1. The highest BCUT2D eigenvalue weighted by Crippen LogP contribution is 2.26. The van der Waals surface area contributed by atoms with Crippen molar-refractivity contribution >= 4 is 22.9 Å². The van der Waals surface area contributed by atoms with E-state index in [-0.39, 0.29) is 24.4 Å². The second kappa shape index (κ2) is 9.64. The van der Waals surface area contributed by atoms with Gasteiger partial charge in [-0.3, -0.25) is 0 Å². The molecule has 0 amide bonds. The van der Waals surface area contributed by atoms with Crippen LogP contribution in [0.5, 0.6) is 5.75 Å². The summed E-state index contributed by atoms with van der Waals surface area (Å²) in [4.78, 5) is 14.0. The van der Waals surface area contributed by atoms with Gasteiger partial charge in [0.2, 0.25) is 5.95 Å². The minimum atomic E-state index is -0.410. The van der Waals surface area contributed by atoms with Crippen LogP contribution in [0.15, 0.2) is 54.9 Å². The van der Waals surface area contributed by atoms with Gasteiger partial charge in [0.1, 0.15) is 11.6 Å². The fourth-order valence-corrected chi connectivity index (χ4v) is 4.35. The molecule has 2 aromatic carbocycles. The van der Waals surface area contributed by atoms with Gasteiger partial charge in [-0.2, -0.15) is 9.97 Å². The van der Waals surface area contributed by atoms with E-state index in [0.29, 0.717) is 35.0 Å². The van der Waals surface area contributed by atoms with Gasteiger partial charge in [-0.05, 0) is 49.4 Å². The van der Waals surface area contributed by atoms with E-state index in [1.165, 1.54) is 18.2 Å². The lowest BCUT2D eigenvalue weighted by Gasteiger charge is -2.26. The molecule has 34 heavy (non-hydrogen) atoms. The number of fused-ring (bicyclic) bond motifs is 1. The molecule has 1 aliphatic rings. The first-order valence-electron chi connectivity index (χ1n) is 11.6. The lowest BCUT2D eigenvalue weighted by atomic mass is 9.92. The maximum absolute atomic E-state index is 13.7. The highest BCUT2D eigenvalue weighted by molar-refractivity contribution is 5.84. The highest BCUT2D eigenvalue weighted by Gasteiger charge is 2.21. The first kappa shape index (κ1) is 22.1. The minimum absolute atomic E-state index is 0.0192. The van der Waals surface area contributed by atoms with Gasteiger partial charge >= 0.3 is 0 Å². The molecule has 1 fully saturated rings. The molecule has 2 aromatic heterocycles. The second-order valence-electron chi connectivity index (χ2n) is 8.81. The number of rotatable bonds is 7. The first-order valence-corrected chi connectivity index (χ1v) is 11.6. The molecule has 0 unspecified atom stereocenters. The number of phenols is 1. The van der Waals surface area contributed by atoms with Gasteiger partial charge in [-0.25, -0.2) is 9.37 Å². The van der Waals surface area contributed by atoms with E-state index in [1.807, 2.05) is 22.8 Å². The molecule has 0 bridgehead atoms. The van der Waals surface area contributed by atoms with Gasteiger partial charge in [0.25, 0.3) is 0 Å². The quantitative estimate of drug-likeness (QED) is 0.329. The molecule has 176 valence electrons. The molecule has 5 N–H and O–H groups in total. The summed E-state index contributed by atoms with van der Waals surface area (Å²) in [6, 6.07) is 14.5. The van der Waals surface area contributed by atoms with E-state index in [9.17, 15) is 9.50 Å². The molecule has 0 radical (unpaired) electrons. The number of nitrogens with zero attached hydrogens (tertiary/aromatic N) is 4. The van der Waals surface area contributed by atoms with Crippen LogP contribution in [0.25, 0.3) is 11.2 Å². The molecule has 2 heterocycles.